The van der Waals surface area contributed by atoms with Crippen molar-refractivity contribution in [3.63, 3.8) is 0 Å². The monoisotopic (exact) mass is 300 g/mol. The molecule has 0 radical (unpaired) electrons. The number of nitrogens with zero attached hydrogens (tertiary/aromatic N) is 1. The Balaban J connectivity index is 2.93. The zero-order valence-corrected chi connectivity index (χ0v) is 13.1. The SMILES string of the molecule is CCC(C(N)=S)S(=O)(=O)N(C)Cc1cccc(C)c1. The quantitative estimate of drug-likeness (QED) is 0.814. The average Bonchev–Trinajstić information content (AvgIpc) is 2.28. The molecule has 4 nitrogen and oxygen atoms in total. The van der Waals surface area contributed by atoms with Gasteiger partial charge in [0.15, 0.2) is 0 Å². The molecule has 0 saturated carbocycles. The van der Waals surface area contributed by atoms with Crippen LogP contribution in [0.5, 0.6) is 0 Å². The average molecular weight is 300 g/mol. The van der Waals surface area contributed by atoms with Gasteiger partial charge >= 0.3 is 0 Å². The molecule has 1 rings (SSSR count). The second-order valence-corrected chi connectivity index (χ2v) is 7.28. The van der Waals surface area contributed by atoms with Gasteiger partial charge in [0.2, 0.25) is 10.0 Å². The lowest BCUT2D eigenvalue weighted by Gasteiger charge is -2.23. The number of benzene rings is 1. The molecular formula is C13H20N2O2S2. The summed E-state index contributed by atoms with van der Waals surface area (Å²) in [7, 11) is -1.94. The molecule has 0 aliphatic heterocycles. The third-order valence-electron chi connectivity index (χ3n) is 2.97. The second kappa shape index (κ2) is 6.45. The highest BCUT2D eigenvalue weighted by atomic mass is 32.2. The van der Waals surface area contributed by atoms with Gasteiger partial charge < -0.3 is 5.73 Å². The Hall–Kier alpha value is -0.980. The summed E-state index contributed by atoms with van der Waals surface area (Å²) in [4.78, 5) is 0.0265. The van der Waals surface area contributed by atoms with E-state index in [0.29, 0.717) is 13.0 Å². The van der Waals surface area contributed by atoms with Crippen molar-refractivity contribution in [2.45, 2.75) is 32.1 Å². The molecule has 1 aromatic rings. The topological polar surface area (TPSA) is 63.4 Å². The van der Waals surface area contributed by atoms with Gasteiger partial charge in [0.1, 0.15) is 5.25 Å². The fourth-order valence-electron chi connectivity index (χ4n) is 1.93. The summed E-state index contributed by atoms with van der Waals surface area (Å²) in [6.07, 6.45) is 0.385. The van der Waals surface area contributed by atoms with Gasteiger partial charge in [-0.2, -0.15) is 4.31 Å². The Bertz CT molecular complexity index is 556. The summed E-state index contributed by atoms with van der Waals surface area (Å²) in [5.74, 6) is 0. The van der Waals surface area contributed by atoms with Crippen molar-refractivity contribution in [2.24, 2.45) is 5.73 Å². The van der Waals surface area contributed by atoms with Crippen LogP contribution in [0.25, 0.3) is 0 Å². The Morgan fingerprint density at radius 3 is 2.58 bits per heavy atom. The van der Waals surface area contributed by atoms with Crippen molar-refractivity contribution in [3.05, 3.63) is 35.4 Å². The van der Waals surface area contributed by atoms with Gasteiger partial charge in [-0.1, -0.05) is 49.0 Å². The Morgan fingerprint density at radius 1 is 1.47 bits per heavy atom. The lowest BCUT2D eigenvalue weighted by atomic mass is 10.1. The van der Waals surface area contributed by atoms with E-state index in [2.05, 4.69) is 0 Å². The zero-order chi connectivity index (χ0) is 14.6. The van der Waals surface area contributed by atoms with E-state index in [4.69, 9.17) is 18.0 Å². The molecule has 0 heterocycles. The van der Waals surface area contributed by atoms with Crippen LogP contribution in [0.3, 0.4) is 0 Å². The lowest BCUT2D eigenvalue weighted by Crippen LogP contribution is -2.42. The summed E-state index contributed by atoms with van der Waals surface area (Å²) < 4.78 is 26.0. The van der Waals surface area contributed by atoms with E-state index in [1.165, 1.54) is 4.31 Å². The van der Waals surface area contributed by atoms with Gasteiger partial charge in [0, 0.05) is 13.6 Å². The third-order valence-corrected chi connectivity index (χ3v) is 5.71. The van der Waals surface area contributed by atoms with Crippen LogP contribution < -0.4 is 5.73 Å². The van der Waals surface area contributed by atoms with Crippen LogP contribution in [-0.4, -0.2) is 30.0 Å². The first-order valence-corrected chi connectivity index (χ1v) is 8.00. The second-order valence-electron chi connectivity index (χ2n) is 4.59. The predicted octanol–water partition coefficient (Wildman–Crippen LogP) is 1.82. The summed E-state index contributed by atoms with van der Waals surface area (Å²) in [6, 6.07) is 7.76. The minimum atomic E-state index is -3.49. The fraction of sp³-hybridized carbons (Fsp3) is 0.462. The molecule has 1 aromatic carbocycles. The molecular weight excluding hydrogens is 280 g/mol. The van der Waals surface area contributed by atoms with E-state index in [9.17, 15) is 8.42 Å². The highest BCUT2D eigenvalue weighted by Gasteiger charge is 2.30. The molecule has 1 atom stereocenters. The van der Waals surface area contributed by atoms with Crippen molar-refractivity contribution >= 4 is 27.2 Å². The normalized spacial score (nSPS) is 13.5. The molecule has 6 heteroatoms. The van der Waals surface area contributed by atoms with Crippen LogP contribution in [-0.2, 0) is 16.6 Å². The van der Waals surface area contributed by atoms with Gasteiger partial charge in [0.25, 0.3) is 0 Å². The largest absolute Gasteiger partial charge is 0.392 e. The standard InChI is InChI=1S/C13H20N2O2S2/c1-4-12(13(14)18)19(16,17)15(3)9-11-7-5-6-10(2)8-11/h5-8,12H,4,9H2,1-3H3,(H2,14,18). The molecule has 0 spiro atoms. The van der Waals surface area contributed by atoms with Crippen LogP contribution in [0.1, 0.15) is 24.5 Å². The molecule has 0 fully saturated rings. The Kier molecular flexibility index (Phi) is 5.46. The van der Waals surface area contributed by atoms with E-state index in [1.54, 1.807) is 14.0 Å². The minimum absolute atomic E-state index is 0.0265. The van der Waals surface area contributed by atoms with Crippen molar-refractivity contribution in [1.82, 2.24) is 4.31 Å². The van der Waals surface area contributed by atoms with Crippen LogP contribution >= 0.6 is 12.2 Å². The maximum absolute atomic E-state index is 12.4. The molecule has 0 aromatic heterocycles. The molecule has 1 unspecified atom stereocenters. The van der Waals surface area contributed by atoms with Gasteiger partial charge in [0.05, 0.1) is 4.99 Å². The molecule has 0 amide bonds. The summed E-state index contributed by atoms with van der Waals surface area (Å²) in [5.41, 5.74) is 7.56. The van der Waals surface area contributed by atoms with Crippen molar-refractivity contribution in [1.29, 1.82) is 0 Å². The molecule has 0 aliphatic rings. The fourth-order valence-corrected chi connectivity index (χ4v) is 3.94. The number of hydrogen-bond acceptors (Lipinski definition) is 3. The van der Waals surface area contributed by atoms with E-state index in [-0.39, 0.29) is 4.99 Å². The molecule has 0 saturated heterocycles. The van der Waals surface area contributed by atoms with E-state index < -0.39 is 15.3 Å². The first-order valence-electron chi connectivity index (χ1n) is 6.09. The molecule has 106 valence electrons. The number of rotatable bonds is 6. The van der Waals surface area contributed by atoms with E-state index >= 15 is 0 Å². The highest BCUT2D eigenvalue weighted by molar-refractivity contribution is 7.92. The van der Waals surface area contributed by atoms with Crippen LogP contribution in [0.15, 0.2) is 24.3 Å². The minimum Gasteiger partial charge on any atom is -0.392 e. The summed E-state index contributed by atoms with van der Waals surface area (Å²) in [5, 5.41) is -0.794. The third kappa shape index (κ3) is 3.99. The smallest absolute Gasteiger partial charge is 0.223 e. The summed E-state index contributed by atoms with van der Waals surface area (Å²) >= 11 is 4.84. The van der Waals surface area contributed by atoms with Crippen LogP contribution in [0.2, 0.25) is 0 Å². The predicted molar refractivity (Wildman–Crippen MR) is 82.4 cm³/mol. The van der Waals surface area contributed by atoms with Crippen molar-refractivity contribution in [3.8, 4) is 0 Å². The first kappa shape index (κ1) is 16.1. The number of thiocarbonyl (C=S) groups is 1. The van der Waals surface area contributed by atoms with Crippen LogP contribution in [0.4, 0.5) is 0 Å². The Morgan fingerprint density at radius 2 is 2.11 bits per heavy atom. The molecule has 2 N–H and O–H groups in total. The van der Waals surface area contributed by atoms with Gasteiger partial charge in [-0.25, -0.2) is 8.42 Å². The van der Waals surface area contributed by atoms with Gasteiger partial charge in [-0.3, -0.25) is 0 Å². The molecule has 0 bridgehead atoms. The number of hydrogen-bond donors (Lipinski definition) is 1. The lowest BCUT2D eigenvalue weighted by molar-refractivity contribution is 0.461. The summed E-state index contributed by atoms with van der Waals surface area (Å²) in [6.45, 7) is 4.06. The highest BCUT2D eigenvalue weighted by Crippen LogP contribution is 2.15. The van der Waals surface area contributed by atoms with E-state index in [0.717, 1.165) is 11.1 Å². The molecule has 19 heavy (non-hydrogen) atoms. The number of aryl methyl sites for hydroxylation is 1. The van der Waals surface area contributed by atoms with Crippen molar-refractivity contribution in [2.75, 3.05) is 7.05 Å². The van der Waals surface area contributed by atoms with Crippen molar-refractivity contribution < 1.29 is 8.42 Å². The van der Waals surface area contributed by atoms with Crippen LogP contribution in [0, 0.1) is 6.92 Å². The molecule has 0 aliphatic carbocycles. The first-order chi connectivity index (χ1) is 8.78. The zero-order valence-electron chi connectivity index (χ0n) is 11.5. The van der Waals surface area contributed by atoms with E-state index in [1.807, 2.05) is 31.2 Å². The Labute approximate surface area is 120 Å². The van der Waals surface area contributed by atoms with Gasteiger partial charge in [-0.05, 0) is 18.9 Å². The maximum Gasteiger partial charge on any atom is 0.223 e. The van der Waals surface area contributed by atoms with Gasteiger partial charge in [-0.15, -0.1) is 0 Å². The number of sulfonamides is 1. The maximum atomic E-state index is 12.4. The number of nitrogens with two attached hydrogens (primary N) is 1.